The van der Waals surface area contributed by atoms with E-state index in [1.807, 2.05) is 6.07 Å². The Balaban J connectivity index is 2.27. The normalized spacial score (nSPS) is 10.8. The van der Waals surface area contributed by atoms with Crippen LogP contribution >= 0.6 is 27.5 Å². The lowest BCUT2D eigenvalue weighted by atomic mass is 10.1. The summed E-state index contributed by atoms with van der Waals surface area (Å²) in [5, 5.41) is 22.5. The monoisotopic (exact) mass is 435 g/mol. The quantitative estimate of drug-likeness (QED) is 0.320. The number of rotatable bonds is 5. The minimum atomic E-state index is -0.698. The molecule has 0 aliphatic carbocycles. The summed E-state index contributed by atoms with van der Waals surface area (Å²) in [6.45, 7) is 0. The van der Waals surface area contributed by atoms with Crippen LogP contribution in [0.5, 0.6) is 5.75 Å². The molecule has 7 nitrogen and oxygen atoms in total. The molecule has 0 atom stereocenters. The molecule has 132 valence electrons. The van der Waals surface area contributed by atoms with E-state index in [2.05, 4.69) is 21.2 Å². The average Bonchev–Trinajstić information content (AvgIpc) is 2.61. The Morgan fingerprint density at radius 3 is 2.69 bits per heavy atom. The highest BCUT2D eigenvalue weighted by Gasteiger charge is 2.15. The van der Waals surface area contributed by atoms with Crippen molar-refractivity contribution in [1.29, 1.82) is 5.26 Å². The fourth-order valence-electron chi connectivity index (χ4n) is 2.02. The Morgan fingerprint density at radius 2 is 2.12 bits per heavy atom. The van der Waals surface area contributed by atoms with Gasteiger partial charge in [-0.3, -0.25) is 14.9 Å². The zero-order valence-corrected chi connectivity index (χ0v) is 15.7. The number of carbonyl (C=O) groups is 1. The third-order valence-electron chi connectivity index (χ3n) is 3.25. The molecule has 0 saturated heterocycles. The second-order valence-corrected chi connectivity index (χ2v) is 6.20. The van der Waals surface area contributed by atoms with Crippen molar-refractivity contribution in [2.75, 3.05) is 12.4 Å². The Bertz CT molecular complexity index is 954. The number of hydrogen-bond acceptors (Lipinski definition) is 5. The molecule has 0 fully saturated rings. The summed E-state index contributed by atoms with van der Waals surface area (Å²) < 4.78 is 5.79. The van der Waals surface area contributed by atoms with Crippen molar-refractivity contribution < 1.29 is 14.5 Å². The lowest BCUT2D eigenvalue weighted by Gasteiger charge is -2.06. The molecule has 2 rings (SSSR count). The number of carbonyl (C=O) groups excluding carboxylic acids is 1. The molecule has 0 bridgehead atoms. The van der Waals surface area contributed by atoms with E-state index >= 15 is 0 Å². The van der Waals surface area contributed by atoms with Gasteiger partial charge in [0.05, 0.1) is 16.5 Å². The molecule has 0 radical (unpaired) electrons. The smallest absolute Gasteiger partial charge is 0.289 e. The van der Waals surface area contributed by atoms with Crippen LogP contribution in [0.15, 0.2) is 46.4 Å². The van der Waals surface area contributed by atoms with E-state index in [-0.39, 0.29) is 22.0 Å². The maximum absolute atomic E-state index is 12.3. The molecule has 2 aromatic rings. The van der Waals surface area contributed by atoms with Crippen LogP contribution in [-0.4, -0.2) is 17.9 Å². The fraction of sp³-hybridized carbons (Fsp3) is 0.0588. The number of nitrogens with zero attached hydrogens (tertiary/aromatic N) is 2. The number of anilines is 1. The van der Waals surface area contributed by atoms with Gasteiger partial charge < -0.3 is 10.1 Å². The fourth-order valence-corrected chi connectivity index (χ4v) is 2.76. The molecule has 1 amide bonds. The van der Waals surface area contributed by atoms with Gasteiger partial charge in [-0.25, -0.2) is 0 Å². The minimum Gasteiger partial charge on any atom is -0.496 e. The van der Waals surface area contributed by atoms with Gasteiger partial charge in [-0.15, -0.1) is 0 Å². The predicted molar refractivity (Wildman–Crippen MR) is 101 cm³/mol. The molecule has 0 spiro atoms. The number of nitrogens with one attached hydrogen (secondary N) is 1. The SMILES string of the molecule is COc1ccc(/C=C(\C#N)C(=O)Nc2ccc(Cl)c([N+](=O)[O-])c2)cc1Br. The Kier molecular flexibility index (Phi) is 6.33. The largest absolute Gasteiger partial charge is 0.496 e. The van der Waals surface area contributed by atoms with Crippen molar-refractivity contribution in [2.24, 2.45) is 0 Å². The molecule has 0 aliphatic rings. The first-order valence-electron chi connectivity index (χ1n) is 7.06. The highest BCUT2D eigenvalue weighted by atomic mass is 79.9. The van der Waals surface area contributed by atoms with Gasteiger partial charge in [0.1, 0.15) is 22.4 Å². The molecule has 0 aliphatic heterocycles. The van der Waals surface area contributed by atoms with Gasteiger partial charge in [-0.2, -0.15) is 5.26 Å². The van der Waals surface area contributed by atoms with Crippen LogP contribution in [-0.2, 0) is 4.79 Å². The van der Waals surface area contributed by atoms with Crippen molar-refractivity contribution in [2.45, 2.75) is 0 Å². The second kappa shape index (κ2) is 8.47. The molecule has 0 aromatic heterocycles. The zero-order chi connectivity index (χ0) is 19.3. The van der Waals surface area contributed by atoms with E-state index in [0.29, 0.717) is 15.8 Å². The van der Waals surface area contributed by atoms with Gasteiger partial charge in [-0.1, -0.05) is 17.7 Å². The van der Waals surface area contributed by atoms with Gasteiger partial charge in [0.15, 0.2) is 0 Å². The highest BCUT2D eigenvalue weighted by Crippen LogP contribution is 2.28. The first-order valence-corrected chi connectivity index (χ1v) is 8.23. The summed E-state index contributed by atoms with van der Waals surface area (Å²) in [6.07, 6.45) is 1.39. The standard InChI is InChI=1S/C17H11BrClN3O4/c1-26-16-5-2-10(7-13(16)18)6-11(9-20)17(23)21-12-3-4-14(19)15(8-12)22(24)25/h2-8H,1H3,(H,21,23)/b11-6+. The van der Waals surface area contributed by atoms with Crippen LogP contribution in [0.4, 0.5) is 11.4 Å². The predicted octanol–water partition coefficient (Wildman–Crippen LogP) is 4.56. The van der Waals surface area contributed by atoms with Crippen LogP contribution in [0.1, 0.15) is 5.56 Å². The van der Waals surface area contributed by atoms with Crippen molar-refractivity contribution in [3.05, 3.63) is 67.1 Å². The molecule has 9 heteroatoms. The number of ether oxygens (including phenoxy) is 1. The lowest BCUT2D eigenvalue weighted by molar-refractivity contribution is -0.384. The molecular formula is C17H11BrClN3O4. The van der Waals surface area contributed by atoms with E-state index in [0.717, 1.165) is 6.07 Å². The van der Waals surface area contributed by atoms with Gasteiger partial charge in [-0.05, 0) is 51.8 Å². The number of nitro groups is 1. The molecule has 2 aromatic carbocycles. The summed E-state index contributed by atoms with van der Waals surface area (Å²) in [4.78, 5) is 22.5. The maximum Gasteiger partial charge on any atom is 0.289 e. The molecular weight excluding hydrogens is 426 g/mol. The molecule has 0 heterocycles. The minimum absolute atomic E-state index is 0.0490. The maximum atomic E-state index is 12.3. The summed E-state index contributed by atoms with van der Waals surface area (Å²) in [7, 11) is 1.52. The van der Waals surface area contributed by atoms with Gasteiger partial charge in [0.25, 0.3) is 11.6 Å². The van der Waals surface area contributed by atoms with Gasteiger partial charge in [0.2, 0.25) is 0 Å². The van der Waals surface area contributed by atoms with Crippen LogP contribution in [0.3, 0.4) is 0 Å². The summed E-state index contributed by atoms with van der Waals surface area (Å²) in [5.74, 6) is -0.0883. The van der Waals surface area contributed by atoms with E-state index in [9.17, 15) is 20.2 Å². The van der Waals surface area contributed by atoms with Gasteiger partial charge >= 0.3 is 0 Å². The average molecular weight is 437 g/mol. The number of halogens is 2. The molecule has 0 saturated carbocycles. The Labute approximate surface area is 162 Å². The number of nitriles is 1. The number of amides is 1. The van der Waals surface area contributed by atoms with E-state index in [4.69, 9.17) is 16.3 Å². The van der Waals surface area contributed by atoms with Crippen molar-refractivity contribution in [3.8, 4) is 11.8 Å². The first-order chi connectivity index (χ1) is 12.3. The number of nitro benzene ring substituents is 1. The topological polar surface area (TPSA) is 105 Å². The van der Waals surface area contributed by atoms with Crippen molar-refractivity contribution in [3.63, 3.8) is 0 Å². The Morgan fingerprint density at radius 1 is 1.38 bits per heavy atom. The lowest BCUT2D eigenvalue weighted by Crippen LogP contribution is -2.13. The highest BCUT2D eigenvalue weighted by molar-refractivity contribution is 9.10. The van der Waals surface area contributed by atoms with E-state index in [1.54, 1.807) is 18.2 Å². The van der Waals surface area contributed by atoms with Crippen LogP contribution in [0.2, 0.25) is 5.02 Å². The summed E-state index contributed by atoms with van der Waals surface area (Å²) >= 11 is 9.06. The second-order valence-electron chi connectivity index (χ2n) is 4.94. The number of methoxy groups -OCH3 is 1. The third-order valence-corrected chi connectivity index (χ3v) is 4.19. The van der Waals surface area contributed by atoms with E-state index in [1.165, 1.54) is 25.3 Å². The molecule has 1 N–H and O–H groups in total. The number of benzene rings is 2. The van der Waals surface area contributed by atoms with Crippen LogP contribution < -0.4 is 10.1 Å². The Hall–Kier alpha value is -2.89. The number of hydrogen-bond donors (Lipinski definition) is 1. The summed E-state index contributed by atoms with van der Waals surface area (Å²) in [6, 6.07) is 10.7. The van der Waals surface area contributed by atoms with Gasteiger partial charge in [0, 0.05) is 11.8 Å². The first kappa shape index (κ1) is 19.4. The van der Waals surface area contributed by atoms with Crippen LogP contribution in [0, 0.1) is 21.4 Å². The van der Waals surface area contributed by atoms with E-state index < -0.39 is 10.8 Å². The molecule has 26 heavy (non-hydrogen) atoms. The summed E-state index contributed by atoms with van der Waals surface area (Å²) in [5.41, 5.74) is 0.250. The van der Waals surface area contributed by atoms with Crippen LogP contribution in [0.25, 0.3) is 6.08 Å². The molecule has 0 unspecified atom stereocenters. The van der Waals surface area contributed by atoms with Crippen molar-refractivity contribution >= 4 is 50.9 Å². The third kappa shape index (κ3) is 4.59. The zero-order valence-electron chi connectivity index (χ0n) is 13.3. The van der Waals surface area contributed by atoms with Crippen molar-refractivity contribution in [1.82, 2.24) is 0 Å².